The number of hydrogen-bond acceptors (Lipinski definition) is 6. The minimum Gasteiger partial charge on any atom is -0.382 e. The van der Waals surface area contributed by atoms with Crippen LogP contribution in [-0.2, 0) is 4.79 Å². The summed E-state index contributed by atoms with van der Waals surface area (Å²) in [5.41, 5.74) is 5.86. The molecule has 0 fully saturated rings. The third-order valence-corrected chi connectivity index (χ3v) is 4.01. The summed E-state index contributed by atoms with van der Waals surface area (Å²) in [6.07, 6.45) is 7.18. The lowest BCUT2D eigenvalue weighted by atomic mass is 10.1. The first-order valence-electron chi connectivity index (χ1n) is 7.51. The van der Waals surface area contributed by atoms with Crippen molar-refractivity contribution in [3.05, 3.63) is 11.8 Å². The van der Waals surface area contributed by atoms with Crippen molar-refractivity contribution < 1.29 is 4.79 Å². The van der Waals surface area contributed by atoms with E-state index in [1.54, 1.807) is 0 Å². The molecule has 1 rings (SSSR count). The third kappa shape index (κ3) is 6.76. The summed E-state index contributed by atoms with van der Waals surface area (Å²) in [5, 5.41) is 12.1. The van der Waals surface area contributed by atoms with E-state index in [9.17, 15) is 4.79 Å². The molecule has 0 radical (unpaired) electrons. The maximum atomic E-state index is 11.9. The average molecular weight is 321 g/mol. The first kappa shape index (κ1) is 18.2. The van der Waals surface area contributed by atoms with E-state index in [0.717, 1.165) is 12.8 Å². The van der Waals surface area contributed by atoms with Gasteiger partial charge in [-0.15, -0.1) is 0 Å². The number of nitrogens with zero attached hydrogens (tertiary/aromatic N) is 3. The van der Waals surface area contributed by atoms with E-state index in [1.807, 2.05) is 13.0 Å². The van der Waals surface area contributed by atoms with Gasteiger partial charge in [0, 0.05) is 6.04 Å². The third-order valence-electron chi connectivity index (χ3n) is 3.15. The topological polar surface area (TPSA) is 105 Å². The van der Waals surface area contributed by atoms with Crippen LogP contribution < -0.4 is 11.1 Å². The van der Waals surface area contributed by atoms with Gasteiger partial charge in [-0.05, 0) is 13.3 Å². The lowest BCUT2D eigenvalue weighted by Gasteiger charge is -2.13. The molecule has 1 amide bonds. The fraction of sp³-hybridized carbons (Fsp3) is 0.600. The molecule has 0 spiro atoms. The largest absolute Gasteiger partial charge is 0.382 e. The monoisotopic (exact) mass is 321 g/mol. The Hall–Kier alpha value is -1.81. The Morgan fingerprint density at radius 2 is 2.27 bits per heavy atom. The van der Waals surface area contributed by atoms with Crippen LogP contribution in [0.2, 0.25) is 0 Å². The van der Waals surface area contributed by atoms with Crippen LogP contribution >= 0.6 is 11.8 Å². The lowest BCUT2D eigenvalue weighted by molar-refractivity contribution is -0.119. The number of anilines is 1. The molecule has 0 aromatic carbocycles. The van der Waals surface area contributed by atoms with Crippen molar-refractivity contribution in [2.75, 3.05) is 11.5 Å². The van der Waals surface area contributed by atoms with Gasteiger partial charge in [0.1, 0.15) is 17.5 Å². The van der Waals surface area contributed by atoms with Crippen LogP contribution in [0, 0.1) is 11.3 Å². The van der Waals surface area contributed by atoms with E-state index in [0.29, 0.717) is 5.16 Å². The quantitative estimate of drug-likeness (QED) is 0.411. The van der Waals surface area contributed by atoms with Crippen LogP contribution in [0.25, 0.3) is 0 Å². The standard InChI is InChI=1S/C15H23N5OS/c1-3-4-5-6-7-11(2)19-13(21)10-22-15-18-9-12(8-16)14(17)20-15/h9,11H,3-7,10H2,1-2H3,(H,19,21)(H2,17,18,20)/t11-/m1/s1. The first-order valence-corrected chi connectivity index (χ1v) is 8.50. The van der Waals surface area contributed by atoms with Gasteiger partial charge in [0.25, 0.3) is 0 Å². The summed E-state index contributed by atoms with van der Waals surface area (Å²) in [7, 11) is 0. The minimum atomic E-state index is -0.0421. The summed E-state index contributed by atoms with van der Waals surface area (Å²) in [5.74, 6) is 0.342. The van der Waals surface area contributed by atoms with Gasteiger partial charge < -0.3 is 11.1 Å². The van der Waals surface area contributed by atoms with Crippen LogP contribution in [0.3, 0.4) is 0 Å². The molecule has 1 aromatic rings. The maximum absolute atomic E-state index is 11.9. The minimum absolute atomic E-state index is 0.0421. The second kappa shape index (κ2) is 10.0. The molecule has 7 heteroatoms. The maximum Gasteiger partial charge on any atom is 0.230 e. The van der Waals surface area contributed by atoms with Crippen molar-refractivity contribution >= 4 is 23.5 Å². The number of nitrogens with two attached hydrogens (primary N) is 1. The molecule has 0 unspecified atom stereocenters. The molecule has 120 valence electrons. The Morgan fingerprint density at radius 3 is 2.91 bits per heavy atom. The normalized spacial score (nSPS) is 11.7. The molecule has 1 atom stereocenters. The number of nitriles is 1. The highest BCUT2D eigenvalue weighted by Crippen LogP contribution is 2.15. The highest BCUT2D eigenvalue weighted by molar-refractivity contribution is 7.99. The van der Waals surface area contributed by atoms with Gasteiger partial charge in [0.15, 0.2) is 5.16 Å². The van der Waals surface area contributed by atoms with Crippen molar-refractivity contribution in [2.24, 2.45) is 0 Å². The smallest absolute Gasteiger partial charge is 0.230 e. The average Bonchev–Trinajstić information content (AvgIpc) is 2.49. The number of thioether (sulfide) groups is 1. The van der Waals surface area contributed by atoms with Crippen LogP contribution in [0.15, 0.2) is 11.4 Å². The van der Waals surface area contributed by atoms with E-state index in [1.165, 1.54) is 37.2 Å². The van der Waals surface area contributed by atoms with E-state index in [4.69, 9.17) is 11.0 Å². The van der Waals surface area contributed by atoms with E-state index >= 15 is 0 Å². The van der Waals surface area contributed by atoms with E-state index < -0.39 is 0 Å². The summed E-state index contributed by atoms with van der Waals surface area (Å²) in [6.45, 7) is 4.20. The molecule has 1 heterocycles. The Labute approximate surface area is 135 Å². The Morgan fingerprint density at radius 1 is 1.50 bits per heavy atom. The van der Waals surface area contributed by atoms with Crippen LogP contribution in [0.5, 0.6) is 0 Å². The zero-order valence-electron chi connectivity index (χ0n) is 13.1. The van der Waals surface area contributed by atoms with Gasteiger partial charge in [0.05, 0.1) is 11.9 Å². The highest BCUT2D eigenvalue weighted by Gasteiger charge is 2.10. The molecule has 0 bridgehead atoms. The molecule has 0 saturated heterocycles. The fourth-order valence-corrected chi connectivity index (χ4v) is 2.56. The SMILES string of the molecule is CCCCCC[C@@H](C)NC(=O)CSc1ncc(C#N)c(N)n1. The summed E-state index contributed by atoms with van der Waals surface area (Å²) in [6, 6.07) is 2.08. The molecule has 6 nitrogen and oxygen atoms in total. The molecular formula is C15H23N5OS. The number of hydrogen-bond donors (Lipinski definition) is 2. The first-order chi connectivity index (χ1) is 10.6. The number of nitrogen functional groups attached to an aromatic ring is 1. The second-order valence-electron chi connectivity index (χ2n) is 5.17. The van der Waals surface area contributed by atoms with Gasteiger partial charge in [-0.3, -0.25) is 4.79 Å². The zero-order chi connectivity index (χ0) is 16.4. The molecule has 0 aliphatic rings. The number of nitrogens with one attached hydrogen (secondary N) is 1. The number of rotatable bonds is 9. The summed E-state index contributed by atoms with van der Waals surface area (Å²) >= 11 is 1.21. The molecular weight excluding hydrogens is 298 g/mol. The van der Waals surface area contributed by atoms with Gasteiger partial charge in [0.2, 0.25) is 5.91 Å². The van der Waals surface area contributed by atoms with Gasteiger partial charge >= 0.3 is 0 Å². The number of amides is 1. The van der Waals surface area contributed by atoms with E-state index in [-0.39, 0.29) is 29.1 Å². The van der Waals surface area contributed by atoms with Crippen molar-refractivity contribution in [3.8, 4) is 6.07 Å². The Balaban J connectivity index is 2.31. The summed E-state index contributed by atoms with van der Waals surface area (Å²) < 4.78 is 0. The van der Waals surface area contributed by atoms with Crippen LogP contribution in [0.4, 0.5) is 5.82 Å². The number of aromatic nitrogens is 2. The molecule has 3 N–H and O–H groups in total. The molecule has 0 saturated carbocycles. The predicted molar refractivity (Wildman–Crippen MR) is 88.2 cm³/mol. The highest BCUT2D eigenvalue weighted by atomic mass is 32.2. The van der Waals surface area contributed by atoms with Crippen molar-refractivity contribution in [1.82, 2.24) is 15.3 Å². The number of carbonyl (C=O) groups excluding carboxylic acids is 1. The predicted octanol–water partition coefficient (Wildman–Crippen LogP) is 2.50. The number of carbonyl (C=O) groups is 1. The van der Waals surface area contributed by atoms with Crippen molar-refractivity contribution in [3.63, 3.8) is 0 Å². The lowest BCUT2D eigenvalue weighted by Crippen LogP contribution is -2.33. The van der Waals surface area contributed by atoms with E-state index in [2.05, 4.69) is 22.2 Å². The fourth-order valence-electron chi connectivity index (χ4n) is 1.93. The van der Waals surface area contributed by atoms with Crippen molar-refractivity contribution in [1.29, 1.82) is 5.26 Å². The van der Waals surface area contributed by atoms with Crippen LogP contribution in [0.1, 0.15) is 51.5 Å². The van der Waals surface area contributed by atoms with Gasteiger partial charge in [-0.1, -0.05) is 44.4 Å². The Kier molecular flexibility index (Phi) is 8.30. The van der Waals surface area contributed by atoms with Crippen LogP contribution in [-0.4, -0.2) is 27.7 Å². The molecule has 0 aliphatic carbocycles. The van der Waals surface area contributed by atoms with Gasteiger partial charge in [-0.2, -0.15) is 5.26 Å². The summed E-state index contributed by atoms with van der Waals surface area (Å²) in [4.78, 5) is 19.8. The van der Waals surface area contributed by atoms with Crippen molar-refractivity contribution in [2.45, 2.75) is 57.1 Å². The second-order valence-corrected chi connectivity index (χ2v) is 6.11. The molecule has 0 aliphatic heterocycles. The zero-order valence-corrected chi connectivity index (χ0v) is 13.9. The van der Waals surface area contributed by atoms with Gasteiger partial charge in [-0.25, -0.2) is 9.97 Å². The molecule has 22 heavy (non-hydrogen) atoms. The Bertz CT molecular complexity index is 529. The number of unbranched alkanes of at least 4 members (excludes halogenated alkanes) is 3. The molecule has 1 aromatic heterocycles.